The first-order chi connectivity index (χ1) is 8.91. The Morgan fingerprint density at radius 2 is 2.16 bits per heavy atom. The Balaban J connectivity index is 2.62. The zero-order valence-corrected chi connectivity index (χ0v) is 10.2. The molecule has 0 saturated carbocycles. The van der Waals surface area contributed by atoms with E-state index in [2.05, 4.69) is 10.1 Å². The van der Waals surface area contributed by atoms with Crippen LogP contribution >= 0.6 is 0 Å². The molecule has 1 N–H and O–H groups in total. The van der Waals surface area contributed by atoms with Crippen LogP contribution in [0.4, 0.5) is 24.5 Å². The van der Waals surface area contributed by atoms with E-state index in [-0.39, 0.29) is 24.4 Å². The van der Waals surface area contributed by atoms with Gasteiger partial charge in [-0.05, 0) is 18.6 Å². The molecule has 0 heterocycles. The van der Waals surface area contributed by atoms with Crippen molar-refractivity contribution in [1.29, 1.82) is 0 Å². The van der Waals surface area contributed by atoms with Crippen LogP contribution in [0.5, 0.6) is 0 Å². The van der Waals surface area contributed by atoms with Gasteiger partial charge in [-0.15, -0.1) is 0 Å². The van der Waals surface area contributed by atoms with Crippen LogP contribution in [-0.4, -0.2) is 31.1 Å². The van der Waals surface area contributed by atoms with Crippen molar-refractivity contribution in [2.45, 2.75) is 13.3 Å². The Bertz CT molecular complexity index is 455. The minimum absolute atomic E-state index is 0.0298. The van der Waals surface area contributed by atoms with Gasteiger partial charge in [0.2, 0.25) is 0 Å². The first-order valence-electron chi connectivity index (χ1n) is 5.46. The van der Waals surface area contributed by atoms with Crippen molar-refractivity contribution >= 4 is 11.4 Å². The standard InChI is InChI=1S/C11H13F3N2O3/c1-7-4-9(10(16(17)18)5-8(7)12)15-2-3-19-6-11(13)14/h4-5,11,15H,2-3,6H2,1H3. The van der Waals surface area contributed by atoms with Gasteiger partial charge in [0.15, 0.2) is 0 Å². The molecule has 0 saturated heterocycles. The Hall–Kier alpha value is -1.83. The summed E-state index contributed by atoms with van der Waals surface area (Å²) in [5, 5.41) is 13.4. The number of nitrogens with zero attached hydrogens (tertiary/aromatic N) is 1. The van der Waals surface area contributed by atoms with Gasteiger partial charge in [-0.1, -0.05) is 0 Å². The number of benzene rings is 1. The molecule has 0 fully saturated rings. The Labute approximate surface area is 107 Å². The van der Waals surface area contributed by atoms with Crippen molar-refractivity contribution in [2.24, 2.45) is 0 Å². The van der Waals surface area contributed by atoms with Crippen LogP contribution in [-0.2, 0) is 4.74 Å². The fourth-order valence-electron chi connectivity index (χ4n) is 1.39. The maximum absolute atomic E-state index is 13.2. The molecule has 106 valence electrons. The number of hydrogen-bond donors (Lipinski definition) is 1. The largest absolute Gasteiger partial charge is 0.377 e. The van der Waals surface area contributed by atoms with Crippen LogP contribution in [0.15, 0.2) is 12.1 Å². The molecule has 0 atom stereocenters. The third kappa shape index (κ3) is 4.74. The van der Waals surface area contributed by atoms with Crippen LogP contribution in [0, 0.1) is 22.9 Å². The molecule has 1 rings (SSSR count). The lowest BCUT2D eigenvalue weighted by molar-refractivity contribution is -0.384. The Morgan fingerprint density at radius 1 is 1.47 bits per heavy atom. The van der Waals surface area contributed by atoms with Crippen molar-refractivity contribution in [1.82, 2.24) is 0 Å². The molecule has 0 bridgehead atoms. The molecule has 1 aromatic rings. The SMILES string of the molecule is Cc1cc(NCCOCC(F)F)c([N+](=O)[O-])cc1F. The minimum Gasteiger partial charge on any atom is -0.377 e. The second-order valence-electron chi connectivity index (χ2n) is 3.77. The zero-order valence-electron chi connectivity index (χ0n) is 10.2. The van der Waals surface area contributed by atoms with Gasteiger partial charge in [0.25, 0.3) is 12.1 Å². The van der Waals surface area contributed by atoms with Crippen molar-refractivity contribution in [2.75, 3.05) is 25.1 Å². The van der Waals surface area contributed by atoms with Crippen molar-refractivity contribution in [3.8, 4) is 0 Å². The maximum atomic E-state index is 13.2. The molecule has 0 unspecified atom stereocenters. The van der Waals surface area contributed by atoms with Crippen LogP contribution in [0.2, 0.25) is 0 Å². The lowest BCUT2D eigenvalue weighted by Crippen LogP contribution is -2.14. The van der Waals surface area contributed by atoms with Crippen LogP contribution in [0.1, 0.15) is 5.56 Å². The molecule has 0 aliphatic heterocycles. The maximum Gasteiger partial charge on any atom is 0.295 e. The number of halogens is 3. The van der Waals surface area contributed by atoms with Gasteiger partial charge in [0.1, 0.15) is 18.1 Å². The number of nitrogens with one attached hydrogen (secondary N) is 1. The van der Waals surface area contributed by atoms with E-state index < -0.39 is 29.5 Å². The molecule has 1 aromatic carbocycles. The second kappa shape index (κ2) is 6.93. The van der Waals surface area contributed by atoms with E-state index in [1.165, 1.54) is 13.0 Å². The molecule has 0 aliphatic rings. The number of alkyl halides is 2. The van der Waals surface area contributed by atoms with E-state index in [1.54, 1.807) is 0 Å². The zero-order chi connectivity index (χ0) is 14.4. The molecule has 0 aromatic heterocycles. The molecule has 19 heavy (non-hydrogen) atoms. The minimum atomic E-state index is -2.55. The Morgan fingerprint density at radius 3 is 2.74 bits per heavy atom. The monoisotopic (exact) mass is 278 g/mol. The van der Waals surface area contributed by atoms with Gasteiger partial charge in [-0.3, -0.25) is 10.1 Å². The number of nitro benzene ring substituents is 1. The van der Waals surface area contributed by atoms with Crippen LogP contribution in [0.25, 0.3) is 0 Å². The molecule has 0 aliphatic carbocycles. The molecule has 5 nitrogen and oxygen atoms in total. The van der Waals surface area contributed by atoms with E-state index >= 15 is 0 Å². The first-order valence-corrected chi connectivity index (χ1v) is 5.46. The molecule has 0 amide bonds. The smallest absolute Gasteiger partial charge is 0.295 e. The van der Waals surface area contributed by atoms with E-state index in [4.69, 9.17) is 0 Å². The normalized spacial score (nSPS) is 10.8. The lowest BCUT2D eigenvalue weighted by Gasteiger charge is -2.09. The topological polar surface area (TPSA) is 64.4 Å². The number of rotatable bonds is 7. The number of nitro groups is 1. The molecule has 8 heteroatoms. The van der Waals surface area contributed by atoms with Gasteiger partial charge in [-0.2, -0.15) is 0 Å². The van der Waals surface area contributed by atoms with E-state index in [9.17, 15) is 23.3 Å². The summed E-state index contributed by atoms with van der Waals surface area (Å²) in [4.78, 5) is 10.0. The fourth-order valence-corrected chi connectivity index (χ4v) is 1.39. The quantitative estimate of drug-likeness (QED) is 0.473. The Kier molecular flexibility index (Phi) is 5.56. The van der Waals surface area contributed by atoms with Crippen molar-refractivity contribution in [3.05, 3.63) is 33.6 Å². The summed E-state index contributed by atoms with van der Waals surface area (Å²) in [6.45, 7) is 0.861. The first kappa shape index (κ1) is 15.2. The number of aryl methyl sites for hydroxylation is 1. The number of hydrogen-bond acceptors (Lipinski definition) is 4. The van der Waals surface area contributed by atoms with E-state index in [1.807, 2.05) is 0 Å². The number of ether oxygens (including phenoxy) is 1. The third-order valence-electron chi connectivity index (χ3n) is 2.28. The summed E-state index contributed by atoms with van der Waals surface area (Å²) < 4.78 is 41.4. The van der Waals surface area contributed by atoms with Crippen LogP contribution < -0.4 is 5.32 Å². The van der Waals surface area contributed by atoms with Gasteiger partial charge >= 0.3 is 0 Å². The summed E-state index contributed by atoms with van der Waals surface area (Å²) >= 11 is 0. The molecule has 0 radical (unpaired) electrons. The van der Waals surface area contributed by atoms with E-state index in [0.717, 1.165) is 6.07 Å². The molecular formula is C11H13F3N2O3. The third-order valence-corrected chi connectivity index (χ3v) is 2.28. The highest BCUT2D eigenvalue weighted by atomic mass is 19.3. The highest BCUT2D eigenvalue weighted by Crippen LogP contribution is 2.27. The van der Waals surface area contributed by atoms with Crippen LogP contribution in [0.3, 0.4) is 0 Å². The average molecular weight is 278 g/mol. The number of anilines is 1. The lowest BCUT2D eigenvalue weighted by atomic mass is 10.2. The summed E-state index contributed by atoms with van der Waals surface area (Å²) in [5.74, 6) is -0.675. The van der Waals surface area contributed by atoms with Gasteiger partial charge in [-0.25, -0.2) is 13.2 Å². The van der Waals surface area contributed by atoms with Gasteiger partial charge in [0.05, 0.1) is 17.6 Å². The average Bonchev–Trinajstić information content (AvgIpc) is 2.32. The highest BCUT2D eigenvalue weighted by Gasteiger charge is 2.16. The molecular weight excluding hydrogens is 265 g/mol. The second-order valence-corrected chi connectivity index (χ2v) is 3.77. The van der Waals surface area contributed by atoms with Crippen molar-refractivity contribution in [3.63, 3.8) is 0 Å². The van der Waals surface area contributed by atoms with Gasteiger partial charge < -0.3 is 10.1 Å². The molecule has 0 spiro atoms. The predicted octanol–water partition coefficient (Wildman–Crippen LogP) is 2.74. The summed E-state index contributed by atoms with van der Waals surface area (Å²) in [6.07, 6.45) is -2.55. The summed E-state index contributed by atoms with van der Waals surface area (Å²) in [7, 11) is 0. The predicted molar refractivity (Wildman–Crippen MR) is 63.1 cm³/mol. The van der Waals surface area contributed by atoms with E-state index in [0.29, 0.717) is 0 Å². The fraction of sp³-hybridized carbons (Fsp3) is 0.455. The summed E-state index contributed by atoms with van der Waals surface area (Å²) in [6, 6.07) is 2.11. The van der Waals surface area contributed by atoms with Gasteiger partial charge in [0, 0.05) is 6.54 Å². The summed E-state index contributed by atoms with van der Waals surface area (Å²) in [5.41, 5.74) is -0.0249. The van der Waals surface area contributed by atoms with Crippen molar-refractivity contribution < 1.29 is 22.8 Å². The highest BCUT2D eigenvalue weighted by molar-refractivity contribution is 5.63.